The lowest BCUT2D eigenvalue weighted by atomic mass is 10.0. The van der Waals surface area contributed by atoms with Crippen molar-refractivity contribution in [3.63, 3.8) is 0 Å². The number of benzene rings is 1. The zero-order chi connectivity index (χ0) is 14.9. The average molecular weight is 274 g/mol. The Hall–Kier alpha value is -1.84. The van der Waals surface area contributed by atoms with E-state index in [2.05, 4.69) is 0 Å². The van der Waals surface area contributed by atoms with Crippen LogP contribution in [0.3, 0.4) is 0 Å². The molecule has 1 aromatic carbocycles. The Balaban J connectivity index is 2.31. The standard InChI is InChI=1S/C16H22N2O2/c1-5-15(19)18-14(11(2)3)10-17(16(18)20)13-8-6-12(4)7-9-13/h6-9,11,14H,5,10H2,1-4H3/t14-/m1/s1. The fraction of sp³-hybridized carbons (Fsp3) is 0.500. The molecule has 3 amide bonds. The molecule has 0 N–H and O–H groups in total. The Morgan fingerprint density at radius 1 is 1.30 bits per heavy atom. The first kappa shape index (κ1) is 14.6. The van der Waals surface area contributed by atoms with Crippen molar-refractivity contribution >= 4 is 17.6 Å². The number of carbonyl (C=O) groups excluding carboxylic acids is 2. The zero-order valence-corrected chi connectivity index (χ0v) is 12.6. The van der Waals surface area contributed by atoms with Gasteiger partial charge in [0.05, 0.1) is 6.04 Å². The van der Waals surface area contributed by atoms with Gasteiger partial charge >= 0.3 is 6.03 Å². The molecule has 1 fully saturated rings. The number of hydrogen-bond acceptors (Lipinski definition) is 2. The highest BCUT2D eigenvalue weighted by molar-refractivity contribution is 6.05. The van der Waals surface area contributed by atoms with Crippen LogP contribution in [0.5, 0.6) is 0 Å². The molecule has 1 aromatic rings. The molecule has 108 valence electrons. The molecule has 0 radical (unpaired) electrons. The minimum absolute atomic E-state index is 0.0451. The first-order chi connectivity index (χ1) is 9.45. The second-order valence-corrected chi connectivity index (χ2v) is 5.66. The summed E-state index contributed by atoms with van der Waals surface area (Å²) in [5.74, 6) is 0.160. The summed E-state index contributed by atoms with van der Waals surface area (Å²) in [6, 6.07) is 7.60. The highest BCUT2D eigenvalue weighted by Gasteiger charge is 2.42. The van der Waals surface area contributed by atoms with E-state index in [1.165, 1.54) is 4.90 Å². The monoisotopic (exact) mass is 274 g/mol. The summed E-state index contributed by atoms with van der Waals surface area (Å²) >= 11 is 0. The Morgan fingerprint density at radius 2 is 1.90 bits per heavy atom. The third-order valence-corrected chi connectivity index (χ3v) is 3.82. The summed E-state index contributed by atoms with van der Waals surface area (Å²) in [4.78, 5) is 27.7. The van der Waals surface area contributed by atoms with Crippen molar-refractivity contribution in [3.8, 4) is 0 Å². The molecule has 0 bridgehead atoms. The minimum atomic E-state index is -0.195. The van der Waals surface area contributed by atoms with Crippen LogP contribution in [0.25, 0.3) is 0 Å². The van der Waals surface area contributed by atoms with Gasteiger partial charge in [-0.25, -0.2) is 4.79 Å². The molecule has 0 saturated carbocycles. The molecule has 1 saturated heterocycles. The van der Waals surface area contributed by atoms with Crippen molar-refractivity contribution in [1.29, 1.82) is 0 Å². The summed E-state index contributed by atoms with van der Waals surface area (Å²) in [7, 11) is 0. The second kappa shape index (κ2) is 5.65. The lowest BCUT2D eigenvalue weighted by Crippen LogP contribution is -2.42. The predicted molar refractivity (Wildman–Crippen MR) is 79.7 cm³/mol. The molecule has 4 nitrogen and oxygen atoms in total. The molecule has 0 aliphatic carbocycles. The van der Waals surface area contributed by atoms with Gasteiger partial charge in [-0.3, -0.25) is 14.6 Å². The summed E-state index contributed by atoms with van der Waals surface area (Å²) in [5.41, 5.74) is 2.01. The van der Waals surface area contributed by atoms with Gasteiger partial charge < -0.3 is 0 Å². The Kier molecular flexibility index (Phi) is 4.12. The number of amides is 3. The molecule has 0 unspecified atom stereocenters. The maximum absolute atomic E-state index is 12.5. The summed E-state index contributed by atoms with van der Waals surface area (Å²) in [5, 5.41) is 0. The van der Waals surface area contributed by atoms with Crippen molar-refractivity contribution in [2.75, 3.05) is 11.4 Å². The maximum atomic E-state index is 12.5. The van der Waals surface area contributed by atoms with E-state index in [-0.39, 0.29) is 23.9 Å². The molecule has 4 heteroatoms. The van der Waals surface area contributed by atoms with E-state index in [1.807, 2.05) is 45.0 Å². The van der Waals surface area contributed by atoms with Gasteiger partial charge in [-0.15, -0.1) is 0 Å². The predicted octanol–water partition coefficient (Wildman–Crippen LogP) is 3.20. The molecule has 1 heterocycles. The van der Waals surface area contributed by atoms with E-state index in [9.17, 15) is 9.59 Å². The quantitative estimate of drug-likeness (QED) is 0.849. The number of aryl methyl sites for hydroxylation is 1. The minimum Gasteiger partial charge on any atom is -0.292 e. The van der Waals surface area contributed by atoms with Crippen LogP contribution >= 0.6 is 0 Å². The Bertz CT molecular complexity index is 508. The van der Waals surface area contributed by atoms with E-state index in [0.717, 1.165) is 11.3 Å². The number of nitrogens with zero attached hydrogens (tertiary/aromatic N) is 2. The first-order valence-corrected chi connectivity index (χ1v) is 7.16. The molecular formula is C16H22N2O2. The molecule has 1 atom stereocenters. The van der Waals surface area contributed by atoms with Crippen LogP contribution < -0.4 is 4.90 Å². The smallest absolute Gasteiger partial charge is 0.292 e. The number of rotatable bonds is 3. The normalized spacial score (nSPS) is 19.1. The largest absolute Gasteiger partial charge is 0.331 e. The summed E-state index contributed by atoms with van der Waals surface area (Å²) in [6.45, 7) is 8.48. The van der Waals surface area contributed by atoms with Gasteiger partial charge in [0, 0.05) is 18.7 Å². The third-order valence-electron chi connectivity index (χ3n) is 3.82. The number of urea groups is 1. The number of carbonyl (C=O) groups is 2. The number of anilines is 1. The van der Waals surface area contributed by atoms with Gasteiger partial charge in [-0.2, -0.15) is 0 Å². The lowest BCUT2D eigenvalue weighted by Gasteiger charge is -2.23. The van der Waals surface area contributed by atoms with Crippen LogP contribution in [-0.4, -0.2) is 29.4 Å². The van der Waals surface area contributed by atoms with Crippen molar-refractivity contribution in [3.05, 3.63) is 29.8 Å². The number of hydrogen-bond donors (Lipinski definition) is 0. The van der Waals surface area contributed by atoms with Crippen LogP contribution in [0.15, 0.2) is 24.3 Å². The molecule has 0 aromatic heterocycles. The van der Waals surface area contributed by atoms with Crippen LogP contribution in [-0.2, 0) is 4.79 Å². The second-order valence-electron chi connectivity index (χ2n) is 5.66. The fourth-order valence-electron chi connectivity index (χ4n) is 2.53. The van der Waals surface area contributed by atoms with E-state index < -0.39 is 0 Å². The topological polar surface area (TPSA) is 40.6 Å². The highest BCUT2D eigenvalue weighted by Crippen LogP contribution is 2.28. The maximum Gasteiger partial charge on any atom is 0.331 e. The van der Waals surface area contributed by atoms with Crippen molar-refractivity contribution in [2.24, 2.45) is 5.92 Å². The van der Waals surface area contributed by atoms with E-state index in [0.29, 0.717) is 13.0 Å². The molecule has 1 aliphatic heterocycles. The zero-order valence-electron chi connectivity index (χ0n) is 12.6. The molecule has 2 rings (SSSR count). The van der Waals surface area contributed by atoms with Crippen LogP contribution in [0.1, 0.15) is 32.8 Å². The van der Waals surface area contributed by atoms with Crippen molar-refractivity contribution in [1.82, 2.24) is 4.90 Å². The van der Waals surface area contributed by atoms with Crippen LogP contribution in [0, 0.1) is 12.8 Å². The van der Waals surface area contributed by atoms with Crippen molar-refractivity contribution < 1.29 is 9.59 Å². The Morgan fingerprint density at radius 3 is 2.40 bits per heavy atom. The van der Waals surface area contributed by atoms with E-state index >= 15 is 0 Å². The molecular weight excluding hydrogens is 252 g/mol. The van der Waals surface area contributed by atoms with Gasteiger partial charge in [0.2, 0.25) is 5.91 Å². The van der Waals surface area contributed by atoms with E-state index in [1.54, 1.807) is 11.8 Å². The van der Waals surface area contributed by atoms with Gasteiger partial charge in [0.25, 0.3) is 0 Å². The first-order valence-electron chi connectivity index (χ1n) is 7.16. The van der Waals surface area contributed by atoms with Crippen LogP contribution in [0.2, 0.25) is 0 Å². The van der Waals surface area contributed by atoms with Crippen molar-refractivity contribution in [2.45, 2.75) is 40.2 Å². The van der Waals surface area contributed by atoms with E-state index in [4.69, 9.17) is 0 Å². The summed E-state index contributed by atoms with van der Waals surface area (Å²) in [6.07, 6.45) is 0.358. The molecule has 1 aliphatic rings. The van der Waals surface area contributed by atoms with Crippen LogP contribution in [0.4, 0.5) is 10.5 Å². The van der Waals surface area contributed by atoms with Gasteiger partial charge in [0.1, 0.15) is 0 Å². The molecule has 0 spiro atoms. The third kappa shape index (κ3) is 2.55. The van der Waals surface area contributed by atoms with Gasteiger partial charge in [0.15, 0.2) is 0 Å². The SMILES string of the molecule is CCC(=O)N1C(=O)N(c2ccc(C)cc2)C[C@@H]1C(C)C. The summed E-state index contributed by atoms with van der Waals surface area (Å²) < 4.78 is 0. The lowest BCUT2D eigenvalue weighted by molar-refractivity contribution is -0.129. The fourth-order valence-corrected chi connectivity index (χ4v) is 2.53. The number of imide groups is 1. The average Bonchev–Trinajstić information content (AvgIpc) is 2.77. The Labute approximate surface area is 120 Å². The van der Waals surface area contributed by atoms with Gasteiger partial charge in [-0.05, 0) is 25.0 Å². The highest BCUT2D eigenvalue weighted by atomic mass is 16.2. The molecule has 20 heavy (non-hydrogen) atoms. The van der Waals surface area contributed by atoms with Gasteiger partial charge in [-0.1, -0.05) is 38.5 Å².